The van der Waals surface area contributed by atoms with Gasteiger partial charge in [0, 0.05) is 32.3 Å². The Morgan fingerprint density at radius 3 is 2.62 bits per heavy atom. The van der Waals surface area contributed by atoms with Gasteiger partial charge in [0.05, 0.1) is 12.5 Å². The Morgan fingerprint density at radius 1 is 1.33 bits per heavy atom. The molecule has 0 aromatic heterocycles. The number of benzene rings is 1. The molecule has 5 nitrogen and oxygen atoms in total. The summed E-state index contributed by atoms with van der Waals surface area (Å²) in [4.78, 5) is 25.8. The van der Waals surface area contributed by atoms with Gasteiger partial charge in [-0.1, -0.05) is 6.07 Å². The largest absolute Gasteiger partial charge is 0.383 e. The lowest BCUT2D eigenvalue weighted by atomic mass is 10.1. The third-order valence-electron chi connectivity index (χ3n) is 3.64. The van der Waals surface area contributed by atoms with Crippen LogP contribution in [-0.4, -0.2) is 43.5 Å². The lowest BCUT2D eigenvalue weighted by Gasteiger charge is -2.16. The van der Waals surface area contributed by atoms with Crippen LogP contribution in [0.4, 0.5) is 5.69 Å². The summed E-state index contributed by atoms with van der Waals surface area (Å²) in [5.74, 6) is -0.351. The number of likely N-dealkylation sites (tertiary alicyclic amines) is 1. The molecule has 1 saturated heterocycles. The Bertz CT molecular complexity index is 522. The number of ether oxygens (including phenoxy) is 1. The third kappa shape index (κ3) is 4.04. The zero-order valence-electron chi connectivity index (χ0n) is 12.8. The van der Waals surface area contributed by atoms with Crippen LogP contribution >= 0.6 is 0 Å². The number of rotatable bonds is 5. The van der Waals surface area contributed by atoms with Gasteiger partial charge in [0.25, 0.3) is 0 Å². The van der Waals surface area contributed by atoms with Crippen LogP contribution in [0.3, 0.4) is 0 Å². The zero-order chi connectivity index (χ0) is 15.4. The standard InChI is InChI=1S/C16H22N2O3/c1-11-6-12(2)8-14(7-11)17-16(20)13-9-15(19)18(10-13)4-5-21-3/h6-8,13H,4-5,9-10H2,1-3H3,(H,17,20)/t13-/m0/s1. The summed E-state index contributed by atoms with van der Waals surface area (Å²) < 4.78 is 4.98. The van der Waals surface area contributed by atoms with E-state index in [-0.39, 0.29) is 24.2 Å². The summed E-state index contributed by atoms with van der Waals surface area (Å²) in [6.45, 7) is 5.50. The predicted octanol–water partition coefficient (Wildman–Crippen LogP) is 1.74. The Kier molecular flexibility index (Phi) is 4.96. The summed E-state index contributed by atoms with van der Waals surface area (Å²) in [6.07, 6.45) is 0.278. The number of nitrogens with one attached hydrogen (secondary N) is 1. The summed E-state index contributed by atoms with van der Waals surface area (Å²) in [6, 6.07) is 5.93. The number of amides is 2. The molecule has 0 bridgehead atoms. The summed E-state index contributed by atoms with van der Waals surface area (Å²) in [5.41, 5.74) is 3.00. The van der Waals surface area contributed by atoms with E-state index in [1.807, 2.05) is 26.0 Å². The maximum absolute atomic E-state index is 12.3. The first kappa shape index (κ1) is 15.5. The van der Waals surface area contributed by atoms with Crippen molar-refractivity contribution in [2.24, 2.45) is 5.92 Å². The molecule has 0 spiro atoms. The van der Waals surface area contributed by atoms with Crippen LogP contribution in [0.2, 0.25) is 0 Å². The fourth-order valence-corrected chi connectivity index (χ4v) is 2.66. The van der Waals surface area contributed by atoms with Crippen LogP contribution in [-0.2, 0) is 14.3 Å². The van der Waals surface area contributed by atoms with Crippen molar-refractivity contribution in [1.82, 2.24) is 4.90 Å². The number of hydrogen-bond donors (Lipinski definition) is 1. The van der Waals surface area contributed by atoms with Crippen molar-refractivity contribution < 1.29 is 14.3 Å². The van der Waals surface area contributed by atoms with E-state index in [2.05, 4.69) is 11.4 Å². The van der Waals surface area contributed by atoms with Gasteiger partial charge >= 0.3 is 0 Å². The van der Waals surface area contributed by atoms with Gasteiger partial charge in [-0.05, 0) is 37.1 Å². The first-order valence-electron chi connectivity index (χ1n) is 7.15. The van der Waals surface area contributed by atoms with E-state index in [9.17, 15) is 9.59 Å². The van der Waals surface area contributed by atoms with Crippen molar-refractivity contribution in [3.05, 3.63) is 29.3 Å². The van der Waals surface area contributed by atoms with Gasteiger partial charge in [-0.25, -0.2) is 0 Å². The number of anilines is 1. The normalized spacial score (nSPS) is 18.1. The minimum atomic E-state index is -0.282. The maximum Gasteiger partial charge on any atom is 0.229 e. The average molecular weight is 290 g/mol. The Morgan fingerprint density at radius 2 is 2.00 bits per heavy atom. The first-order valence-corrected chi connectivity index (χ1v) is 7.15. The fourth-order valence-electron chi connectivity index (χ4n) is 2.66. The number of carbonyl (C=O) groups excluding carboxylic acids is 2. The first-order chi connectivity index (χ1) is 9.99. The van der Waals surface area contributed by atoms with Crippen LogP contribution in [0.1, 0.15) is 17.5 Å². The van der Waals surface area contributed by atoms with E-state index in [1.54, 1.807) is 12.0 Å². The van der Waals surface area contributed by atoms with Crippen LogP contribution < -0.4 is 5.32 Å². The molecule has 1 aromatic rings. The van der Waals surface area contributed by atoms with E-state index in [1.165, 1.54) is 0 Å². The van der Waals surface area contributed by atoms with Gasteiger partial charge in [0.2, 0.25) is 11.8 Å². The lowest BCUT2D eigenvalue weighted by molar-refractivity contribution is -0.128. The SMILES string of the molecule is COCCN1C[C@@H](C(=O)Nc2cc(C)cc(C)c2)CC1=O. The molecule has 114 valence electrons. The van der Waals surface area contributed by atoms with E-state index in [4.69, 9.17) is 4.74 Å². The van der Waals surface area contributed by atoms with Crippen LogP contribution in [0.5, 0.6) is 0 Å². The highest BCUT2D eigenvalue weighted by Crippen LogP contribution is 2.21. The van der Waals surface area contributed by atoms with Gasteiger partial charge < -0.3 is 15.0 Å². The van der Waals surface area contributed by atoms with Crippen molar-refractivity contribution >= 4 is 17.5 Å². The molecular formula is C16H22N2O3. The summed E-state index contributed by atoms with van der Waals surface area (Å²) >= 11 is 0. The number of hydrogen-bond acceptors (Lipinski definition) is 3. The lowest BCUT2D eigenvalue weighted by Crippen LogP contribution is -2.30. The van der Waals surface area contributed by atoms with Gasteiger partial charge in [0.1, 0.15) is 0 Å². The minimum absolute atomic E-state index is 0.0209. The summed E-state index contributed by atoms with van der Waals surface area (Å²) in [7, 11) is 1.60. The second-order valence-electron chi connectivity index (χ2n) is 5.60. The van der Waals surface area contributed by atoms with Crippen LogP contribution in [0, 0.1) is 19.8 Å². The predicted molar refractivity (Wildman–Crippen MR) is 81.1 cm³/mol. The monoisotopic (exact) mass is 290 g/mol. The minimum Gasteiger partial charge on any atom is -0.383 e. The number of aryl methyl sites for hydroxylation is 2. The van der Waals surface area contributed by atoms with Crippen molar-refractivity contribution in [2.45, 2.75) is 20.3 Å². The molecular weight excluding hydrogens is 268 g/mol. The fraction of sp³-hybridized carbons (Fsp3) is 0.500. The molecule has 0 radical (unpaired) electrons. The molecule has 2 amide bonds. The van der Waals surface area contributed by atoms with Crippen molar-refractivity contribution in [1.29, 1.82) is 0 Å². The molecule has 1 aromatic carbocycles. The molecule has 5 heteroatoms. The van der Waals surface area contributed by atoms with E-state index in [0.29, 0.717) is 19.7 Å². The highest BCUT2D eigenvalue weighted by molar-refractivity contribution is 5.97. The molecule has 0 saturated carbocycles. The molecule has 0 aliphatic carbocycles. The topological polar surface area (TPSA) is 58.6 Å². The van der Waals surface area contributed by atoms with Crippen LogP contribution in [0.25, 0.3) is 0 Å². The molecule has 1 fully saturated rings. The highest BCUT2D eigenvalue weighted by Gasteiger charge is 2.33. The molecule has 1 heterocycles. The average Bonchev–Trinajstić information content (AvgIpc) is 2.76. The highest BCUT2D eigenvalue weighted by atomic mass is 16.5. The smallest absolute Gasteiger partial charge is 0.229 e. The zero-order valence-corrected chi connectivity index (χ0v) is 12.8. The number of nitrogens with zero attached hydrogens (tertiary/aromatic N) is 1. The Hall–Kier alpha value is -1.88. The molecule has 1 N–H and O–H groups in total. The second kappa shape index (κ2) is 6.72. The Labute approximate surface area is 125 Å². The third-order valence-corrected chi connectivity index (χ3v) is 3.64. The van der Waals surface area contributed by atoms with Crippen molar-refractivity contribution in [3.8, 4) is 0 Å². The van der Waals surface area contributed by atoms with E-state index < -0.39 is 0 Å². The van der Waals surface area contributed by atoms with E-state index in [0.717, 1.165) is 16.8 Å². The molecule has 1 aliphatic heterocycles. The number of carbonyl (C=O) groups is 2. The molecule has 0 unspecified atom stereocenters. The quantitative estimate of drug-likeness (QED) is 0.898. The van der Waals surface area contributed by atoms with Crippen molar-refractivity contribution in [2.75, 3.05) is 32.1 Å². The maximum atomic E-state index is 12.3. The molecule has 21 heavy (non-hydrogen) atoms. The molecule has 1 aliphatic rings. The van der Waals surface area contributed by atoms with Gasteiger partial charge in [-0.2, -0.15) is 0 Å². The van der Waals surface area contributed by atoms with Crippen LogP contribution in [0.15, 0.2) is 18.2 Å². The van der Waals surface area contributed by atoms with E-state index >= 15 is 0 Å². The molecule has 1 atom stereocenters. The number of methoxy groups -OCH3 is 1. The second-order valence-corrected chi connectivity index (χ2v) is 5.60. The van der Waals surface area contributed by atoms with Crippen molar-refractivity contribution in [3.63, 3.8) is 0 Å². The summed E-state index contributed by atoms with van der Waals surface area (Å²) in [5, 5.41) is 2.91. The van der Waals surface area contributed by atoms with Gasteiger partial charge in [-0.3, -0.25) is 9.59 Å². The van der Waals surface area contributed by atoms with Gasteiger partial charge in [0.15, 0.2) is 0 Å². The molecule has 2 rings (SSSR count). The van der Waals surface area contributed by atoms with Gasteiger partial charge in [-0.15, -0.1) is 0 Å². The Balaban J connectivity index is 1.96.